The number of hydrogen-bond acceptors (Lipinski definition) is 2. The largest absolute Gasteiger partial charge is 0.481 e. The van der Waals surface area contributed by atoms with Gasteiger partial charge in [-0.05, 0) is 31.5 Å². The van der Waals surface area contributed by atoms with Gasteiger partial charge < -0.3 is 5.11 Å². The molecule has 0 aliphatic rings. The van der Waals surface area contributed by atoms with Gasteiger partial charge >= 0.3 is 5.97 Å². The maximum Gasteiger partial charge on any atom is 0.312 e. The van der Waals surface area contributed by atoms with Gasteiger partial charge in [0.05, 0.1) is 11.6 Å². The molecule has 17 heavy (non-hydrogen) atoms. The average molecular weight is 233 g/mol. The van der Waals surface area contributed by atoms with Crippen molar-refractivity contribution in [1.82, 2.24) is 4.98 Å². The zero-order chi connectivity index (χ0) is 12.6. The van der Waals surface area contributed by atoms with E-state index >= 15 is 0 Å². The summed E-state index contributed by atoms with van der Waals surface area (Å²) in [5, 5.41) is 9.65. The number of carboxylic acids is 1. The highest BCUT2D eigenvalue weighted by molar-refractivity contribution is 5.84. The Balaban J connectivity index is 2.70. The summed E-state index contributed by atoms with van der Waals surface area (Å²) in [4.78, 5) is 15.0. The summed E-state index contributed by atoms with van der Waals surface area (Å²) in [5.74, 6) is -2.13. The first-order valence-corrected chi connectivity index (χ1v) is 5.29. The highest BCUT2D eigenvalue weighted by Gasteiger charge is 2.17. The van der Waals surface area contributed by atoms with Crippen LogP contribution in [0.15, 0.2) is 24.3 Å². The number of aliphatic carboxylic acids is 1. The molecule has 4 heteroatoms. The molecule has 0 saturated heterocycles. The molecule has 0 saturated carbocycles. The van der Waals surface area contributed by atoms with Crippen LogP contribution < -0.4 is 0 Å². The molecule has 1 heterocycles. The molecular formula is C13H12FNO2. The summed E-state index contributed by atoms with van der Waals surface area (Å²) in [6.07, 6.45) is 0. The summed E-state index contributed by atoms with van der Waals surface area (Å²) in [6.45, 7) is 3.36. The minimum Gasteiger partial charge on any atom is -0.481 e. The molecule has 88 valence electrons. The molecule has 0 radical (unpaired) electrons. The topological polar surface area (TPSA) is 50.2 Å². The first kappa shape index (κ1) is 11.5. The Kier molecular flexibility index (Phi) is 2.79. The lowest BCUT2D eigenvalue weighted by Crippen LogP contribution is -2.10. The van der Waals surface area contributed by atoms with E-state index in [9.17, 15) is 9.18 Å². The van der Waals surface area contributed by atoms with E-state index in [1.807, 2.05) is 6.92 Å². The van der Waals surface area contributed by atoms with Crippen LogP contribution in [-0.2, 0) is 4.79 Å². The molecule has 1 aromatic carbocycles. The number of rotatable bonds is 2. The minimum atomic E-state index is -0.965. The Labute approximate surface area is 97.9 Å². The standard InChI is InChI=1S/C13H12FNO2/c1-7-6-11(8(2)13(16)17)15-12-9(7)4-3-5-10(12)14/h3-6,8H,1-2H3,(H,16,17). The van der Waals surface area contributed by atoms with Crippen molar-refractivity contribution >= 4 is 16.9 Å². The van der Waals surface area contributed by atoms with Gasteiger partial charge in [0, 0.05) is 5.39 Å². The molecule has 0 fully saturated rings. The fourth-order valence-corrected chi connectivity index (χ4v) is 1.76. The molecule has 0 aliphatic carbocycles. The fraction of sp³-hybridized carbons (Fsp3) is 0.231. The fourth-order valence-electron chi connectivity index (χ4n) is 1.76. The zero-order valence-electron chi connectivity index (χ0n) is 9.57. The number of carbonyl (C=O) groups is 1. The third-order valence-corrected chi connectivity index (χ3v) is 2.83. The number of benzene rings is 1. The number of pyridine rings is 1. The first-order chi connectivity index (χ1) is 8.00. The number of aromatic nitrogens is 1. The average Bonchev–Trinajstić information content (AvgIpc) is 2.29. The summed E-state index contributed by atoms with van der Waals surface area (Å²) < 4.78 is 13.6. The van der Waals surface area contributed by atoms with E-state index in [1.165, 1.54) is 13.0 Å². The second kappa shape index (κ2) is 4.13. The SMILES string of the molecule is Cc1cc(C(C)C(=O)O)nc2c(F)cccc12. The number of para-hydroxylation sites is 1. The molecule has 0 amide bonds. The molecule has 1 N–H and O–H groups in total. The van der Waals surface area contributed by atoms with E-state index in [0.717, 1.165) is 5.56 Å². The molecule has 1 aromatic heterocycles. The van der Waals surface area contributed by atoms with Crippen LogP contribution in [0.3, 0.4) is 0 Å². The number of nitrogens with zero attached hydrogens (tertiary/aromatic N) is 1. The molecule has 2 aromatic rings. The Hall–Kier alpha value is -1.97. The van der Waals surface area contributed by atoms with Crippen molar-refractivity contribution in [1.29, 1.82) is 0 Å². The van der Waals surface area contributed by atoms with Crippen LogP contribution in [0.4, 0.5) is 4.39 Å². The minimum absolute atomic E-state index is 0.232. The first-order valence-electron chi connectivity index (χ1n) is 5.29. The van der Waals surface area contributed by atoms with Crippen molar-refractivity contribution in [3.8, 4) is 0 Å². The van der Waals surface area contributed by atoms with Gasteiger partial charge in [0.1, 0.15) is 11.3 Å². The van der Waals surface area contributed by atoms with E-state index < -0.39 is 17.7 Å². The molecule has 0 bridgehead atoms. The van der Waals surface area contributed by atoms with Gasteiger partial charge in [-0.3, -0.25) is 4.79 Å². The van der Waals surface area contributed by atoms with Crippen molar-refractivity contribution in [2.45, 2.75) is 19.8 Å². The van der Waals surface area contributed by atoms with Gasteiger partial charge in [-0.2, -0.15) is 0 Å². The maximum absolute atomic E-state index is 13.6. The summed E-state index contributed by atoms with van der Waals surface area (Å²) >= 11 is 0. The Morgan fingerprint density at radius 3 is 2.82 bits per heavy atom. The molecule has 0 spiro atoms. The lowest BCUT2D eigenvalue weighted by Gasteiger charge is -2.09. The van der Waals surface area contributed by atoms with Gasteiger partial charge in [-0.25, -0.2) is 9.37 Å². The third-order valence-electron chi connectivity index (χ3n) is 2.83. The predicted molar refractivity (Wildman–Crippen MR) is 62.5 cm³/mol. The van der Waals surface area contributed by atoms with Crippen LogP contribution in [0.1, 0.15) is 24.1 Å². The van der Waals surface area contributed by atoms with Crippen molar-refractivity contribution in [3.05, 3.63) is 41.3 Å². The van der Waals surface area contributed by atoms with Crippen LogP contribution >= 0.6 is 0 Å². The number of fused-ring (bicyclic) bond motifs is 1. The van der Waals surface area contributed by atoms with Gasteiger partial charge in [-0.1, -0.05) is 12.1 Å². The monoisotopic (exact) mass is 233 g/mol. The van der Waals surface area contributed by atoms with E-state index in [1.54, 1.807) is 18.2 Å². The summed E-state index contributed by atoms with van der Waals surface area (Å²) in [5.41, 5.74) is 1.45. The van der Waals surface area contributed by atoms with Crippen LogP contribution in [0.2, 0.25) is 0 Å². The lowest BCUT2D eigenvalue weighted by molar-refractivity contribution is -0.138. The number of aryl methyl sites for hydroxylation is 1. The quantitative estimate of drug-likeness (QED) is 0.867. The zero-order valence-corrected chi connectivity index (χ0v) is 9.57. The smallest absolute Gasteiger partial charge is 0.312 e. The van der Waals surface area contributed by atoms with Crippen LogP contribution in [0.25, 0.3) is 10.9 Å². The van der Waals surface area contributed by atoms with Crippen molar-refractivity contribution in [2.24, 2.45) is 0 Å². The van der Waals surface area contributed by atoms with Gasteiger partial charge in [0.15, 0.2) is 0 Å². The number of hydrogen-bond donors (Lipinski definition) is 1. The molecule has 1 atom stereocenters. The Morgan fingerprint density at radius 2 is 2.18 bits per heavy atom. The normalized spacial score (nSPS) is 12.6. The predicted octanol–water partition coefficient (Wildman–Crippen LogP) is 2.87. The Morgan fingerprint density at radius 1 is 1.47 bits per heavy atom. The molecule has 1 unspecified atom stereocenters. The van der Waals surface area contributed by atoms with E-state index in [2.05, 4.69) is 4.98 Å². The van der Waals surface area contributed by atoms with Gasteiger partial charge in [0.25, 0.3) is 0 Å². The molecule has 3 nitrogen and oxygen atoms in total. The Bertz CT molecular complexity index is 595. The van der Waals surface area contributed by atoms with Gasteiger partial charge in [-0.15, -0.1) is 0 Å². The van der Waals surface area contributed by atoms with E-state index in [4.69, 9.17) is 5.11 Å². The maximum atomic E-state index is 13.6. The van der Waals surface area contributed by atoms with E-state index in [0.29, 0.717) is 11.1 Å². The van der Waals surface area contributed by atoms with Gasteiger partial charge in [0.2, 0.25) is 0 Å². The van der Waals surface area contributed by atoms with Crippen LogP contribution in [-0.4, -0.2) is 16.1 Å². The number of carboxylic acid groups (broad SMARTS) is 1. The number of halogens is 1. The van der Waals surface area contributed by atoms with Crippen molar-refractivity contribution in [2.75, 3.05) is 0 Å². The third kappa shape index (κ3) is 1.98. The highest BCUT2D eigenvalue weighted by Crippen LogP contribution is 2.23. The summed E-state index contributed by atoms with van der Waals surface area (Å²) in [6, 6.07) is 6.41. The van der Waals surface area contributed by atoms with Crippen LogP contribution in [0, 0.1) is 12.7 Å². The molecule has 2 rings (SSSR count). The van der Waals surface area contributed by atoms with E-state index in [-0.39, 0.29) is 5.52 Å². The van der Waals surface area contributed by atoms with Crippen LogP contribution in [0.5, 0.6) is 0 Å². The molecule has 0 aliphatic heterocycles. The molecular weight excluding hydrogens is 221 g/mol. The second-order valence-corrected chi connectivity index (χ2v) is 4.06. The van der Waals surface area contributed by atoms with Crippen molar-refractivity contribution < 1.29 is 14.3 Å². The van der Waals surface area contributed by atoms with Crippen molar-refractivity contribution in [3.63, 3.8) is 0 Å². The highest BCUT2D eigenvalue weighted by atomic mass is 19.1. The summed E-state index contributed by atoms with van der Waals surface area (Å²) in [7, 11) is 0. The second-order valence-electron chi connectivity index (χ2n) is 4.06. The lowest BCUT2D eigenvalue weighted by atomic mass is 10.0.